The van der Waals surface area contributed by atoms with Crippen LogP contribution < -0.4 is 0 Å². The van der Waals surface area contributed by atoms with Crippen LogP contribution in [0.4, 0.5) is 4.39 Å². The molecule has 0 aliphatic rings. The number of rotatable bonds is 3. The Hall–Kier alpha value is -2.93. The summed E-state index contributed by atoms with van der Waals surface area (Å²) in [4.78, 5) is 0. The highest BCUT2D eigenvalue weighted by molar-refractivity contribution is 5.61. The quantitative estimate of drug-likeness (QED) is 0.734. The van der Waals surface area contributed by atoms with Crippen LogP contribution in [-0.2, 0) is 6.54 Å². The van der Waals surface area contributed by atoms with Crippen molar-refractivity contribution in [2.24, 2.45) is 0 Å². The molecule has 0 saturated carbocycles. The molecule has 0 spiro atoms. The zero-order valence-electron chi connectivity index (χ0n) is 11.2. The Labute approximate surface area is 121 Å². The lowest BCUT2D eigenvalue weighted by atomic mass is 10.1. The van der Waals surface area contributed by atoms with E-state index >= 15 is 0 Å². The minimum atomic E-state index is -0.475. The third kappa shape index (κ3) is 2.67. The van der Waals surface area contributed by atoms with Gasteiger partial charge in [-0.05, 0) is 11.6 Å². The van der Waals surface area contributed by atoms with Gasteiger partial charge in [0.15, 0.2) is 0 Å². The van der Waals surface area contributed by atoms with Crippen molar-refractivity contribution in [3.63, 3.8) is 0 Å². The van der Waals surface area contributed by atoms with E-state index in [9.17, 15) is 4.39 Å². The minimum Gasteiger partial charge on any atom is -0.268 e. The second-order valence-corrected chi connectivity index (χ2v) is 4.68. The first-order valence-electron chi connectivity index (χ1n) is 6.53. The Kier molecular flexibility index (Phi) is 3.48. The number of benzene rings is 2. The Morgan fingerprint density at radius 1 is 1.05 bits per heavy atom. The maximum absolute atomic E-state index is 14.0. The molecule has 0 unspecified atom stereocenters. The maximum Gasteiger partial charge on any atom is 0.146 e. The van der Waals surface area contributed by atoms with Crippen LogP contribution in [0.5, 0.6) is 0 Å². The predicted octanol–water partition coefficient (Wildman–Crippen LogP) is 3.61. The fraction of sp³-hybridized carbons (Fsp3) is 0.0588. The van der Waals surface area contributed by atoms with Gasteiger partial charge in [-0.1, -0.05) is 42.5 Å². The average Bonchev–Trinajstić information content (AvgIpc) is 2.99. The highest BCUT2D eigenvalue weighted by Crippen LogP contribution is 2.19. The lowest BCUT2D eigenvalue weighted by Gasteiger charge is -2.04. The molecule has 0 fully saturated rings. The lowest BCUT2D eigenvalue weighted by Crippen LogP contribution is -2.03. The van der Waals surface area contributed by atoms with E-state index in [4.69, 9.17) is 5.26 Å². The van der Waals surface area contributed by atoms with E-state index in [1.807, 2.05) is 42.6 Å². The molecule has 1 aromatic heterocycles. The molecule has 3 nitrogen and oxygen atoms in total. The summed E-state index contributed by atoms with van der Waals surface area (Å²) in [6.45, 7) is 0.300. The molecule has 0 N–H and O–H groups in total. The summed E-state index contributed by atoms with van der Waals surface area (Å²) in [5, 5.41) is 13.1. The van der Waals surface area contributed by atoms with Crippen molar-refractivity contribution in [3.8, 4) is 17.2 Å². The highest BCUT2D eigenvalue weighted by atomic mass is 19.1. The molecule has 102 valence electrons. The monoisotopic (exact) mass is 277 g/mol. The van der Waals surface area contributed by atoms with Gasteiger partial charge in [-0.25, -0.2) is 4.39 Å². The molecule has 3 rings (SSSR count). The zero-order valence-corrected chi connectivity index (χ0v) is 11.2. The summed E-state index contributed by atoms with van der Waals surface area (Å²) in [5.74, 6) is -0.475. The Bertz CT molecular complexity index is 800. The second kappa shape index (κ2) is 5.59. The van der Waals surface area contributed by atoms with Gasteiger partial charge in [-0.15, -0.1) is 0 Å². The van der Waals surface area contributed by atoms with Crippen LogP contribution >= 0.6 is 0 Å². The van der Waals surface area contributed by atoms with E-state index in [2.05, 4.69) is 5.10 Å². The van der Waals surface area contributed by atoms with Crippen LogP contribution in [0.15, 0.2) is 60.9 Å². The van der Waals surface area contributed by atoms with Gasteiger partial charge in [0.25, 0.3) is 0 Å². The number of nitriles is 1. The van der Waals surface area contributed by atoms with Crippen molar-refractivity contribution in [2.45, 2.75) is 6.54 Å². The minimum absolute atomic E-state index is 0.0583. The van der Waals surface area contributed by atoms with E-state index in [-0.39, 0.29) is 5.56 Å². The van der Waals surface area contributed by atoms with E-state index in [0.29, 0.717) is 12.1 Å². The van der Waals surface area contributed by atoms with E-state index in [0.717, 1.165) is 11.1 Å². The first kappa shape index (κ1) is 13.1. The number of hydrogen-bond donors (Lipinski definition) is 0. The molecule has 0 aliphatic heterocycles. The Morgan fingerprint density at radius 3 is 2.62 bits per heavy atom. The van der Waals surface area contributed by atoms with Crippen LogP contribution in [0, 0.1) is 17.1 Å². The fourth-order valence-corrected chi connectivity index (χ4v) is 2.19. The fourth-order valence-electron chi connectivity index (χ4n) is 2.19. The topological polar surface area (TPSA) is 41.6 Å². The molecule has 0 saturated heterocycles. The first-order valence-corrected chi connectivity index (χ1v) is 6.53. The van der Waals surface area contributed by atoms with Gasteiger partial charge in [0.05, 0.1) is 18.3 Å². The molecule has 0 atom stereocenters. The van der Waals surface area contributed by atoms with Gasteiger partial charge >= 0.3 is 0 Å². The molecule has 2 aromatic carbocycles. The van der Waals surface area contributed by atoms with Gasteiger partial charge in [0.1, 0.15) is 11.9 Å². The summed E-state index contributed by atoms with van der Waals surface area (Å²) < 4.78 is 15.7. The van der Waals surface area contributed by atoms with Crippen LogP contribution in [-0.4, -0.2) is 9.78 Å². The van der Waals surface area contributed by atoms with Gasteiger partial charge < -0.3 is 0 Å². The smallest absolute Gasteiger partial charge is 0.146 e. The molecular formula is C17H12FN3. The Balaban J connectivity index is 1.87. The number of hydrogen-bond acceptors (Lipinski definition) is 2. The lowest BCUT2D eigenvalue weighted by molar-refractivity contribution is 0.582. The highest BCUT2D eigenvalue weighted by Gasteiger charge is 2.09. The molecule has 0 amide bonds. The number of halogens is 1. The molecule has 4 heteroatoms. The third-order valence-corrected chi connectivity index (χ3v) is 3.27. The van der Waals surface area contributed by atoms with E-state index in [1.54, 1.807) is 23.0 Å². The summed E-state index contributed by atoms with van der Waals surface area (Å²) in [6, 6.07) is 16.5. The van der Waals surface area contributed by atoms with Crippen molar-refractivity contribution in [3.05, 3.63) is 77.9 Å². The van der Waals surface area contributed by atoms with Gasteiger partial charge in [-0.2, -0.15) is 10.4 Å². The summed E-state index contributed by atoms with van der Waals surface area (Å²) in [7, 11) is 0. The van der Waals surface area contributed by atoms with Crippen molar-refractivity contribution >= 4 is 0 Å². The molecule has 1 heterocycles. The SMILES string of the molecule is N#Cc1cccc(Cn2cc(-c3ccccc3)cn2)c1F. The van der Waals surface area contributed by atoms with Crippen LogP contribution in [0.2, 0.25) is 0 Å². The first-order chi connectivity index (χ1) is 10.3. The number of aromatic nitrogens is 2. The van der Waals surface area contributed by atoms with E-state index < -0.39 is 5.82 Å². The molecule has 0 radical (unpaired) electrons. The number of nitrogens with zero attached hydrogens (tertiary/aromatic N) is 3. The predicted molar refractivity (Wildman–Crippen MR) is 77.9 cm³/mol. The zero-order chi connectivity index (χ0) is 14.7. The van der Waals surface area contributed by atoms with Crippen LogP contribution in [0.3, 0.4) is 0 Å². The average molecular weight is 277 g/mol. The summed E-state index contributed by atoms with van der Waals surface area (Å²) in [6.07, 6.45) is 3.62. The van der Waals surface area contributed by atoms with Crippen molar-refractivity contribution < 1.29 is 4.39 Å². The largest absolute Gasteiger partial charge is 0.268 e. The standard InChI is InChI=1S/C17H12FN3/c18-17-14(9-19)7-4-8-15(17)11-21-12-16(10-20-21)13-5-2-1-3-6-13/h1-8,10,12H,11H2. The molecule has 0 aliphatic carbocycles. The van der Waals surface area contributed by atoms with Gasteiger partial charge in [0, 0.05) is 17.3 Å². The van der Waals surface area contributed by atoms with Crippen LogP contribution in [0.25, 0.3) is 11.1 Å². The normalized spacial score (nSPS) is 10.3. The van der Waals surface area contributed by atoms with E-state index in [1.165, 1.54) is 6.07 Å². The molecule has 3 aromatic rings. The van der Waals surface area contributed by atoms with Gasteiger partial charge in [-0.3, -0.25) is 4.68 Å². The third-order valence-electron chi connectivity index (χ3n) is 3.27. The summed E-state index contributed by atoms with van der Waals surface area (Å²) in [5.41, 5.74) is 2.56. The molecule has 21 heavy (non-hydrogen) atoms. The van der Waals surface area contributed by atoms with Gasteiger partial charge in [0.2, 0.25) is 0 Å². The van der Waals surface area contributed by atoms with Crippen molar-refractivity contribution in [1.29, 1.82) is 5.26 Å². The maximum atomic E-state index is 14.0. The van der Waals surface area contributed by atoms with Crippen molar-refractivity contribution in [1.82, 2.24) is 9.78 Å². The van der Waals surface area contributed by atoms with Crippen molar-refractivity contribution in [2.75, 3.05) is 0 Å². The summed E-state index contributed by atoms with van der Waals surface area (Å²) >= 11 is 0. The molecule has 0 bridgehead atoms. The van der Waals surface area contributed by atoms with Crippen LogP contribution in [0.1, 0.15) is 11.1 Å². The molecular weight excluding hydrogens is 265 g/mol. The Morgan fingerprint density at radius 2 is 1.86 bits per heavy atom. The second-order valence-electron chi connectivity index (χ2n) is 4.68.